The van der Waals surface area contributed by atoms with Crippen LogP contribution in [0.2, 0.25) is 0 Å². The molecule has 1 amide bonds. The molecule has 4 rings (SSSR count). The van der Waals surface area contributed by atoms with Crippen LogP contribution in [0.5, 0.6) is 5.75 Å². The van der Waals surface area contributed by atoms with Crippen LogP contribution in [0.3, 0.4) is 0 Å². The maximum Gasteiger partial charge on any atom is 0.234 e. The first kappa shape index (κ1) is 20.3. The number of benzene rings is 2. The lowest BCUT2D eigenvalue weighted by Gasteiger charge is -2.14. The van der Waals surface area contributed by atoms with Gasteiger partial charge in [0.1, 0.15) is 15.8 Å². The lowest BCUT2D eigenvalue weighted by molar-refractivity contribution is -0.120. The Bertz CT molecular complexity index is 1080. The maximum absolute atomic E-state index is 11.7. The summed E-state index contributed by atoms with van der Waals surface area (Å²) in [7, 11) is 0. The molecule has 0 unspecified atom stereocenters. The summed E-state index contributed by atoms with van der Waals surface area (Å²) >= 11 is 1.53. The summed E-state index contributed by atoms with van der Waals surface area (Å²) < 4.78 is 5.71. The molecular weight excluding hydrogens is 398 g/mol. The van der Waals surface area contributed by atoms with E-state index < -0.39 is 0 Å². The van der Waals surface area contributed by atoms with E-state index in [9.17, 15) is 4.79 Å². The summed E-state index contributed by atoms with van der Waals surface area (Å²) in [5, 5.41) is 13.5. The Kier molecular flexibility index (Phi) is 5.69. The van der Waals surface area contributed by atoms with Gasteiger partial charge in [-0.2, -0.15) is 0 Å². The van der Waals surface area contributed by atoms with Crippen LogP contribution in [0.1, 0.15) is 37.4 Å². The van der Waals surface area contributed by atoms with E-state index in [-0.39, 0.29) is 24.6 Å². The third-order valence-electron chi connectivity index (χ3n) is 5.07. The summed E-state index contributed by atoms with van der Waals surface area (Å²) in [5.41, 5.74) is 16.5. The van der Waals surface area contributed by atoms with Gasteiger partial charge in [-0.15, -0.1) is 10.2 Å². The molecule has 1 heterocycles. The second-order valence-electron chi connectivity index (χ2n) is 7.57. The number of nitrogens with two attached hydrogens (primary N) is 2. The van der Waals surface area contributed by atoms with Gasteiger partial charge in [0.15, 0.2) is 0 Å². The minimum atomic E-state index is -0.140. The van der Waals surface area contributed by atoms with E-state index in [1.54, 1.807) is 0 Å². The molecule has 2 aromatic carbocycles. The third kappa shape index (κ3) is 4.01. The first-order valence-corrected chi connectivity index (χ1v) is 10.8. The molecule has 7 nitrogen and oxygen atoms in total. The van der Waals surface area contributed by atoms with Crippen molar-refractivity contribution in [3.63, 3.8) is 0 Å². The summed E-state index contributed by atoms with van der Waals surface area (Å²) in [6.45, 7) is 3.93. The lowest BCUT2D eigenvalue weighted by atomic mass is 10.0. The molecule has 0 saturated carbocycles. The Labute approximate surface area is 179 Å². The van der Waals surface area contributed by atoms with Crippen molar-refractivity contribution in [1.29, 1.82) is 0 Å². The number of hydrogen-bond donors (Lipinski definition) is 3. The van der Waals surface area contributed by atoms with E-state index in [1.807, 2.05) is 38.1 Å². The van der Waals surface area contributed by atoms with Crippen molar-refractivity contribution >= 4 is 22.9 Å². The number of nitrogens with zero attached hydrogens (tertiary/aromatic N) is 2. The number of carbonyl (C=O) groups excluding carboxylic acids is 1. The minimum Gasteiger partial charge on any atom is -0.489 e. The number of anilines is 1. The fourth-order valence-electron chi connectivity index (χ4n) is 3.75. The van der Waals surface area contributed by atoms with Gasteiger partial charge < -0.3 is 21.5 Å². The van der Waals surface area contributed by atoms with Crippen molar-refractivity contribution in [3.8, 4) is 26.9 Å². The molecule has 0 bridgehead atoms. The van der Waals surface area contributed by atoms with Crippen molar-refractivity contribution in [2.75, 3.05) is 12.3 Å². The average Bonchev–Trinajstić information content (AvgIpc) is 3.37. The van der Waals surface area contributed by atoms with Crippen LogP contribution in [0.15, 0.2) is 36.4 Å². The van der Waals surface area contributed by atoms with E-state index in [0.717, 1.165) is 39.5 Å². The van der Waals surface area contributed by atoms with Crippen LogP contribution in [0, 0.1) is 0 Å². The molecule has 1 aliphatic carbocycles. The van der Waals surface area contributed by atoms with Crippen LogP contribution >= 0.6 is 11.3 Å². The van der Waals surface area contributed by atoms with E-state index in [1.165, 1.54) is 16.9 Å². The summed E-state index contributed by atoms with van der Waals surface area (Å²) in [4.78, 5) is 11.7. The number of fused-ring (bicyclic) bond motifs is 1. The number of nitrogens with one attached hydrogen (secondary N) is 1. The largest absolute Gasteiger partial charge is 0.489 e. The topological polar surface area (TPSA) is 116 Å². The highest BCUT2D eigenvalue weighted by atomic mass is 32.1. The Morgan fingerprint density at radius 2 is 2.07 bits per heavy atom. The molecule has 3 aromatic rings. The zero-order chi connectivity index (χ0) is 21.3. The van der Waals surface area contributed by atoms with E-state index in [0.29, 0.717) is 11.4 Å². The first-order valence-electron chi connectivity index (χ1n) is 9.98. The molecule has 0 fully saturated rings. The molecule has 1 aliphatic rings. The molecule has 1 aromatic heterocycles. The van der Waals surface area contributed by atoms with Gasteiger partial charge in [-0.1, -0.05) is 29.5 Å². The lowest BCUT2D eigenvalue weighted by Crippen LogP contribution is -2.32. The van der Waals surface area contributed by atoms with Gasteiger partial charge >= 0.3 is 0 Å². The fourth-order valence-corrected chi connectivity index (χ4v) is 4.64. The molecule has 0 spiro atoms. The van der Waals surface area contributed by atoms with Gasteiger partial charge in [-0.25, -0.2) is 0 Å². The van der Waals surface area contributed by atoms with Gasteiger partial charge in [0.2, 0.25) is 5.91 Å². The third-order valence-corrected chi connectivity index (χ3v) is 6.07. The van der Waals surface area contributed by atoms with Gasteiger partial charge in [0, 0.05) is 11.1 Å². The Hall–Kier alpha value is -2.97. The van der Waals surface area contributed by atoms with E-state index in [2.05, 4.69) is 27.6 Å². The second kappa shape index (κ2) is 8.41. The molecular formula is C22H25N5O2S. The Morgan fingerprint density at radius 1 is 1.27 bits per heavy atom. The highest BCUT2D eigenvalue weighted by molar-refractivity contribution is 7.17. The van der Waals surface area contributed by atoms with Crippen molar-refractivity contribution < 1.29 is 9.53 Å². The molecule has 0 radical (unpaired) electrons. The standard InChI is InChI=1S/C22H25N5O2S/c1-12(2)29-19-9-6-13(10-17(19)24)21-26-27-22(30-21)16-5-3-4-15-14(16)7-8-18(15)25-20(28)11-23/h3-6,9-10,12,18H,7-8,11,23-24H2,1-2H3,(H,25,28)/t18-/m0/s1. The highest BCUT2D eigenvalue weighted by Crippen LogP contribution is 2.40. The number of nitrogen functional groups attached to an aromatic ring is 1. The van der Waals surface area contributed by atoms with Gasteiger partial charge in [0.25, 0.3) is 0 Å². The van der Waals surface area contributed by atoms with Crippen molar-refractivity contribution in [2.24, 2.45) is 5.73 Å². The fraction of sp³-hybridized carbons (Fsp3) is 0.318. The summed E-state index contributed by atoms with van der Waals surface area (Å²) in [6.07, 6.45) is 1.80. The molecule has 0 aliphatic heterocycles. The SMILES string of the molecule is CC(C)Oc1ccc(-c2nnc(-c3cccc4c3CC[C@@H]4NC(=O)CN)s2)cc1N. The quantitative estimate of drug-likeness (QED) is 0.524. The number of carbonyl (C=O) groups is 1. The average molecular weight is 424 g/mol. The number of aromatic nitrogens is 2. The van der Waals surface area contributed by atoms with Crippen molar-refractivity contribution in [3.05, 3.63) is 47.5 Å². The second-order valence-corrected chi connectivity index (χ2v) is 8.55. The normalized spacial score (nSPS) is 15.3. The smallest absolute Gasteiger partial charge is 0.234 e. The van der Waals surface area contributed by atoms with E-state index in [4.69, 9.17) is 16.2 Å². The van der Waals surface area contributed by atoms with Crippen LogP contribution in [0.4, 0.5) is 5.69 Å². The molecule has 30 heavy (non-hydrogen) atoms. The monoisotopic (exact) mass is 423 g/mol. The van der Waals surface area contributed by atoms with E-state index >= 15 is 0 Å². The van der Waals surface area contributed by atoms with Crippen molar-refractivity contribution in [2.45, 2.75) is 38.8 Å². The number of hydrogen-bond acceptors (Lipinski definition) is 7. The van der Waals surface area contributed by atoms with Crippen LogP contribution in [0.25, 0.3) is 21.1 Å². The minimum absolute atomic E-state index is 0.00306. The van der Waals surface area contributed by atoms with Crippen LogP contribution in [-0.2, 0) is 11.2 Å². The first-order chi connectivity index (χ1) is 14.5. The van der Waals surface area contributed by atoms with Gasteiger partial charge in [-0.3, -0.25) is 4.79 Å². The summed E-state index contributed by atoms with van der Waals surface area (Å²) in [6, 6.07) is 11.8. The van der Waals surface area contributed by atoms with Crippen LogP contribution < -0.4 is 21.5 Å². The number of ether oxygens (including phenoxy) is 1. The molecule has 156 valence electrons. The summed E-state index contributed by atoms with van der Waals surface area (Å²) in [5.74, 6) is 0.531. The number of amides is 1. The Balaban J connectivity index is 1.61. The maximum atomic E-state index is 11.7. The van der Waals surface area contributed by atoms with Gasteiger partial charge in [-0.05, 0) is 56.0 Å². The zero-order valence-electron chi connectivity index (χ0n) is 17.0. The highest BCUT2D eigenvalue weighted by Gasteiger charge is 2.27. The number of rotatable bonds is 6. The molecule has 0 saturated heterocycles. The van der Waals surface area contributed by atoms with Crippen LogP contribution in [-0.4, -0.2) is 28.8 Å². The van der Waals surface area contributed by atoms with Crippen molar-refractivity contribution in [1.82, 2.24) is 15.5 Å². The zero-order valence-corrected chi connectivity index (χ0v) is 17.8. The molecule has 8 heteroatoms. The predicted octanol–water partition coefficient (Wildman–Crippen LogP) is 3.30. The molecule has 1 atom stereocenters. The van der Waals surface area contributed by atoms with Gasteiger partial charge in [0.05, 0.1) is 24.4 Å². The molecule has 5 N–H and O–H groups in total. The Morgan fingerprint density at radius 3 is 2.80 bits per heavy atom. The predicted molar refractivity (Wildman–Crippen MR) is 119 cm³/mol.